The Morgan fingerprint density at radius 1 is 0.857 bits per heavy atom. The van der Waals surface area contributed by atoms with E-state index in [1.54, 1.807) is 0 Å². The molecule has 2 heteroatoms. The van der Waals surface area contributed by atoms with Crippen LogP contribution in [-0.2, 0) is 15.9 Å². The Balaban J connectivity index is 1.80. The smallest absolute Gasteiger partial charge is 0.262 e. The van der Waals surface area contributed by atoms with E-state index in [1.165, 1.54) is 0 Å². The van der Waals surface area contributed by atoms with Crippen molar-refractivity contribution in [1.29, 1.82) is 0 Å². The zero-order valence-electron chi connectivity index (χ0n) is 12.3. The maximum Gasteiger partial charge on any atom is 0.262 e. The molecule has 2 nitrogen and oxygen atoms in total. The molecule has 3 aliphatic rings. The fourth-order valence-corrected chi connectivity index (χ4v) is 4.48. The molecule has 5 rings (SSSR count). The first-order valence-corrected chi connectivity index (χ1v) is 7.70. The van der Waals surface area contributed by atoms with E-state index in [0.717, 1.165) is 24.0 Å². The highest BCUT2D eigenvalue weighted by Gasteiger charge is 2.73. The van der Waals surface area contributed by atoms with E-state index >= 15 is 0 Å². The number of quaternary nitrogens is 1. The van der Waals surface area contributed by atoms with Crippen LogP contribution in [0.15, 0.2) is 60.7 Å². The number of carbonyl (C=O) groups is 1. The third kappa shape index (κ3) is 1.60. The van der Waals surface area contributed by atoms with Crippen LogP contribution in [0.2, 0.25) is 0 Å². The Labute approximate surface area is 125 Å². The van der Waals surface area contributed by atoms with Gasteiger partial charge in [-0.3, -0.25) is 4.79 Å². The lowest BCUT2D eigenvalue weighted by molar-refractivity contribution is -0.832. The minimum Gasteiger partial charge on any atom is -0.316 e. The molecule has 1 unspecified atom stereocenters. The first kappa shape index (κ1) is 12.8. The molecule has 2 aromatic carbocycles. The molecule has 1 aliphatic carbocycles. The lowest BCUT2D eigenvalue weighted by Gasteiger charge is -2.57. The average molecular weight is 278 g/mol. The van der Waals surface area contributed by atoms with E-state index in [9.17, 15) is 4.79 Å². The van der Waals surface area contributed by atoms with Crippen LogP contribution in [0, 0.1) is 5.92 Å². The minimum absolute atomic E-state index is 0.352. The normalized spacial score (nSPS) is 34.3. The zero-order valence-corrected chi connectivity index (χ0v) is 12.3. The Kier molecular flexibility index (Phi) is 2.61. The maximum atomic E-state index is 13.2. The lowest BCUT2D eigenvalue weighted by atomic mass is 9.53. The highest BCUT2D eigenvalue weighted by Crippen LogP contribution is 2.49. The van der Waals surface area contributed by atoms with Crippen molar-refractivity contribution in [3.05, 3.63) is 71.8 Å². The summed E-state index contributed by atoms with van der Waals surface area (Å²) in [4.78, 5) is 13.2. The molecule has 21 heavy (non-hydrogen) atoms. The molecule has 2 aliphatic heterocycles. The first-order chi connectivity index (χ1) is 10.2. The predicted molar refractivity (Wildman–Crippen MR) is 81.6 cm³/mol. The molecular formula is C19H20NO+. The van der Waals surface area contributed by atoms with E-state index in [-0.39, 0.29) is 11.1 Å². The van der Waals surface area contributed by atoms with Crippen LogP contribution in [-0.4, -0.2) is 5.78 Å². The van der Waals surface area contributed by atoms with Crippen molar-refractivity contribution in [1.82, 2.24) is 0 Å². The average Bonchev–Trinajstić information content (AvgIpc) is 2.55. The van der Waals surface area contributed by atoms with Crippen LogP contribution in [0.4, 0.5) is 0 Å². The van der Waals surface area contributed by atoms with Crippen LogP contribution in [0.1, 0.15) is 30.9 Å². The van der Waals surface area contributed by atoms with Gasteiger partial charge in [0.2, 0.25) is 0 Å². The summed E-state index contributed by atoms with van der Waals surface area (Å²) in [7, 11) is 0. The summed E-state index contributed by atoms with van der Waals surface area (Å²) in [5.41, 5.74) is 1.62. The molecule has 2 N–H and O–H groups in total. The molecule has 0 spiro atoms. The second kappa shape index (κ2) is 4.28. The number of carbonyl (C=O) groups excluding carboxylic acids is 1. The Bertz CT molecular complexity index is 624. The van der Waals surface area contributed by atoms with E-state index in [0.29, 0.717) is 11.7 Å². The van der Waals surface area contributed by atoms with Crippen molar-refractivity contribution in [2.75, 3.05) is 0 Å². The van der Waals surface area contributed by atoms with Gasteiger partial charge in [-0.25, -0.2) is 0 Å². The van der Waals surface area contributed by atoms with Crippen LogP contribution in [0.25, 0.3) is 0 Å². The molecular weight excluding hydrogens is 258 g/mol. The summed E-state index contributed by atoms with van der Waals surface area (Å²) in [6.45, 7) is 2.27. The van der Waals surface area contributed by atoms with Gasteiger partial charge >= 0.3 is 0 Å². The van der Waals surface area contributed by atoms with Gasteiger partial charge < -0.3 is 5.32 Å². The molecule has 3 fully saturated rings. The first-order valence-electron chi connectivity index (χ1n) is 7.70. The van der Waals surface area contributed by atoms with Crippen molar-refractivity contribution in [3.63, 3.8) is 0 Å². The number of benzene rings is 2. The Morgan fingerprint density at radius 3 is 1.67 bits per heavy atom. The number of Topliss-reactive ketones (excluding diaryl/α,β-unsaturated/α-hetero) is 1. The van der Waals surface area contributed by atoms with Crippen molar-refractivity contribution in [3.8, 4) is 0 Å². The predicted octanol–water partition coefficient (Wildman–Crippen LogP) is 2.35. The summed E-state index contributed by atoms with van der Waals surface area (Å²) < 4.78 is 0. The SMILES string of the molecule is CC1C[C@]2(c3ccccc3)[NH2+][C@](c3ccccc3)(C1)C2=O. The quantitative estimate of drug-likeness (QED) is 0.899. The summed E-state index contributed by atoms with van der Waals surface area (Å²) >= 11 is 0. The number of piperidine rings is 1. The second-order valence-corrected chi connectivity index (χ2v) is 6.66. The van der Waals surface area contributed by atoms with E-state index < -0.39 is 0 Å². The van der Waals surface area contributed by atoms with Crippen LogP contribution < -0.4 is 5.32 Å². The van der Waals surface area contributed by atoms with Crippen LogP contribution in [0.3, 0.4) is 0 Å². The van der Waals surface area contributed by atoms with Crippen molar-refractivity contribution < 1.29 is 10.1 Å². The van der Waals surface area contributed by atoms with Crippen molar-refractivity contribution in [2.45, 2.75) is 30.8 Å². The van der Waals surface area contributed by atoms with Gasteiger partial charge in [0, 0.05) is 24.0 Å². The van der Waals surface area contributed by atoms with E-state index in [1.807, 2.05) is 36.4 Å². The number of rotatable bonds is 2. The van der Waals surface area contributed by atoms with Gasteiger partial charge in [0.1, 0.15) is 0 Å². The topological polar surface area (TPSA) is 33.7 Å². The summed E-state index contributed by atoms with van der Waals surface area (Å²) in [5.74, 6) is 0.957. The van der Waals surface area contributed by atoms with Gasteiger partial charge in [-0.05, 0) is 5.92 Å². The van der Waals surface area contributed by atoms with Crippen LogP contribution in [0.5, 0.6) is 0 Å². The molecule has 0 aromatic heterocycles. The van der Waals surface area contributed by atoms with Gasteiger partial charge in [0.15, 0.2) is 11.1 Å². The molecule has 106 valence electrons. The standard InChI is InChI=1S/C19H19NO/c1-14-12-18(15-8-4-2-5-9-15)17(21)19(13-14,20-18)16-10-6-3-7-11-16/h2-11,14,20H,12-13H2,1H3/p+1/t14?,18-,19+. The fraction of sp³-hybridized carbons (Fsp3) is 0.316. The Morgan fingerprint density at radius 2 is 1.29 bits per heavy atom. The van der Waals surface area contributed by atoms with Gasteiger partial charge in [-0.15, -0.1) is 0 Å². The third-order valence-electron chi connectivity index (χ3n) is 5.22. The second-order valence-electron chi connectivity index (χ2n) is 6.66. The molecule has 0 amide bonds. The molecule has 1 saturated carbocycles. The highest BCUT2D eigenvalue weighted by molar-refractivity contribution is 6.00. The minimum atomic E-state index is -0.352. The fourth-order valence-electron chi connectivity index (χ4n) is 4.48. The zero-order chi connectivity index (χ0) is 14.5. The van der Waals surface area contributed by atoms with E-state index in [2.05, 4.69) is 36.5 Å². The van der Waals surface area contributed by atoms with Crippen molar-refractivity contribution in [2.24, 2.45) is 5.92 Å². The summed E-state index contributed by atoms with van der Waals surface area (Å²) in [6.07, 6.45) is 1.90. The largest absolute Gasteiger partial charge is 0.316 e. The van der Waals surface area contributed by atoms with Gasteiger partial charge in [0.05, 0.1) is 0 Å². The summed E-state index contributed by atoms with van der Waals surface area (Å²) in [5, 5.41) is 2.33. The summed E-state index contributed by atoms with van der Waals surface area (Å²) in [6, 6.07) is 20.6. The molecule has 0 radical (unpaired) electrons. The van der Waals surface area contributed by atoms with Gasteiger partial charge in [-0.1, -0.05) is 67.6 Å². The number of hydrogen-bond donors (Lipinski definition) is 1. The number of fused-ring (bicyclic) bond motifs is 2. The van der Waals surface area contributed by atoms with Crippen LogP contribution >= 0.6 is 0 Å². The third-order valence-corrected chi connectivity index (χ3v) is 5.22. The number of hydrogen-bond acceptors (Lipinski definition) is 1. The Hall–Kier alpha value is -1.93. The van der Waals surface area contributed by atoms with Crippen molar-refractivity contribution >= 4 is 5.78 Å². The molecule has 2 aromatic rings. The van der Waals surface area contributed by atoms with E-state index in [4.69, 9.17) is 0 Å². The molecule has 2 saturated heterocycles. The molecule has 3 atom stereocenters. The molecule has 2 heterocycles. The number of nitrogens with two attached hydrogens (primary N) is 1. The van der Waals surface area contributed by atoms with Gasteiger partial charge in [-0.2, -0.15) is 0 Å². The monoisotopic (exact) mass is 278 g/mol. The number of ketones is 1. The maximum absolute atomic E-state index is 13.2. The van der Waals surface area contributed by atoms with Gasteiger partial charge in [0.25, 0.3) is 5.78 Å². The molecule has 2 bridgehead atoms. The lowest BCUT2D eigenvalue weighted by Crippen LogP contribution is -3.18. The highest BCUT2D eigenvalue weighted by atomic mass is 16.1.